The first-order valence-corrected chi connectivity index (χ1v) is 8.34. The first-order valence-electron chi connectivity index (χ1n) is 7.96. The van der Waals surface area contributed by atoms with Crippen LogP contribution < -0.4 is 5.32 Å². The lowest BCUT2D eigenvalue weighted by atomic mass is 10.2. The summed E-state index contributed by atoms with van der Waals surface area (Å²) in [4.78, 5) is 25.6. The number of hydrogen-bond acceptors (Lipinski definition) is 4. The maximum Gasteiger partial charge on any atom is 0.259 e. The molecule has 128 valence electrons. The number of pyridine rings is 1. The second-order valence-corrected chi connectivity index (χ2v) is 6.08. The Hall–Kier alpha value is -3.25. The van der Waals surface area contributed by atoms with Gasteiger partial charge in [0.05, 0.1) is 27.7 Å². The van der Waals surface area contributed by atoms with Crippen LogP contribution in [-0.4, -0.2) is 25.3 Å². The van der Waals surface area contributed by atoms with Crippen molar-refractivity contribution in [1.82, 2.24) is 19.4 Å². The maximum atomic E-state index is 12.4. The Balaban J connectivity index is 1.70. The van der Waals surface area contributed by atoms with E-state index in [0.717, 1.165) is 17.0 Å². The number of anilines is 1. The van der Waals surface area contributed by atoms with Crippen LogP contribution in [0.25, 0.3) is 17.0 Å². The molecule has 0 atom stereocenters. The van der Waals surface area contributed by atoms with Crippen LogP contribution in [0.4, 0.5) is 5.95 Å². The summed E-state index contributed by atoms with van der Waals surface area (Å²) in [5.74, 6) is -0.152. The van der Waals surface area contributed by atoms with Crippen molar-refractivity contribution >= 4 is 29.1 Å². The SMILES string of the molecule is Cc1nc2ccccn2c1-c1ccnc(NC(=O)c2ccccc2Cl)n1. The zero-order valence-electron chi connectivity index (χ0n) is 13.8. The number of benzene rings is 1. The molecule has 4 rings (SSSR count). The van der Waals surface area contributed by atoms with E-state index in [2.05, 4.69) is 20.3 Å². The number of halogens is 1. The Bertz CT molecular complexity index is 1120. The number of carbonyl (C=O) groups is 1. The zero-order chi connectivity index (χ0) is 18.1. The first-order chi connectivity index (χ1) is 12.6. The van der Waals surface area contributed by atoms with Crippen molar-refractivity contribution in [3.8, 4) is 11.4 Å². The van der Waals surface area contributed by atoms with Gasteiger partial charge < -0.3 is 0 Å². The average molecular weight is 364 g/mol. The van der Waals surface area contributed by atoms with E-state index in [0.29, 0.717) is 16.3 Å². The number of imidazole rings is 1. The smallest absolute Gasteiger partial charge is 0.259 e. The minimum absolute atomic E-state index is 0.206. The van der Waals surface area contributed by atoms with E-state index in [1.807, 2.05) is 35.7 Å². The second kappa shape index (κ2) is 6.57. The molecule has 1 N–H and O–H groups in total. The van der Waals surface area contributed by atoms with Gasteiger partial charge in [0.2, 0.25) is 5.95 Å². The average Bonchev–Trinajstić information content (AvgIpc) is 2.98. The van der Waals surface area contributed by atoms with Crippen molar-refractivity contribution in [2.24, 2.45) is 0 Å². The summed E-state index contributed by atoms with van der Waals surface area (Å²) >= 11 is 6.07. The van der Waals surface area contributed by atoms with Gasteiger partial charge in [0.25, 0.3) is 5.91 Å². The summed E-state index contributed by atoms with van der Waals surface area (Å²) in [5, 5.41) is 3.07. The third kappa shape index (κ3) is 2.91. The van der Waals surface area contributed by atoms with Crippen LogP contribution >= 0.6 is 11.6 Å². The van der Waals surface area contributed by atoms with E-state index in [1.165, 1.54) is 0 Å². The number of nitrogens with zero attached hydrogens (tertiary/aromatic N) is 4. The molecular weight excluding hydrogens is 350 g/mol. The molecule has 0 fully saturated rings. The number of rotatable bonds is 3. The predicted molar refractivity (Wildman–Crippen MR) is 100 cm³/mol. The number of carbonyl (C=O) groups excluding carboxylic acids is 1. The maximum absolute atomic E-state index is 12.4. The summed E-state index contributed by atoms with van der Waals surface area (Å²) in [5.41, 5.74) is 3.58. The van der Waals surface area contributed by atoms with Gasteiger partial charge in [0.15, 0.2) is 0 Å². The molecule has 0 spiro atoms. The Morgan fingerprint density at radius 2 is 1.88 bits per heavy atom. The molecule has 0 aliphatic carbocycles. The van der Waals surface area contributed by atoms with Gasteiger partial charge >= 0.3 is 0 Å². The predicted octanol–water partition coefficient (Wildman–Crippen LogP) is 4.01. The van der Waals surface area contributed by atoms with Crippen molar-refractivity contribution in [3.05, 3.63) is 77.2 Å². The molecule has 1 amide bonds. The highest BCUT2D eigenvalue weighted by atomic mass is 35.5. The molecule has 3 heterocycles. The summed E-state index contributed by atoms with van der Waals surface area (Å²) in [6, 6.07) is 14.4. The van der Waals surface area contributed by atoms with Crippen molar-refractivity contribution in [1.29, 1.82) is 0 Å². The normalized spacial score (nSPS) is 10.8. The quantitative estimate of drug-likeness (QED) is 0.597. The summed E-state index contributed by atoms with van der Waals surface area (Å²) in [6.45, 7) is 1.92. The molecule has 4 aromatic rings. The van der Waals surface area contributed by atoms with Crippen LogP contribution in [-0.2, 0) is 0 Å². The van der Waals surface area contributed by atoms with E-state index >= 15 is 0 Å². The van der Waals surface area contributed by atoms with Gasteiger partial charge in [-0.05, 0) is 37.3 Å². The molecule has 0 bridgehead atoms. The number of amides is 1. The van der Waals surface area contributed by atoms with Crippen LogP contribution in [0.2, 0.25) is 5.02 Å². The number of aryl methyl sites for hydroxylation is 1. The number of hydrogen-bond donors (Lipinski definition) is 1. The van der Waals surface area contributed by atoms with Crippen LogP contribution in [0.5, 0.6) is 0 Å². The van der Waals surface area contributed by atoms with Crippen LogP contribution in [0.3, 0.4) is 0 Å². The highest BCUT2D eigenvalue weighted by molar-refractivity contribution is 6.34. The third-order valence-electron chi connectivity index (χ3n) is 3.95. The first kappa shape index (κ1) is 16.2. The van der Waals surface area contributed by atoms with Gasteiger partial charge in [-0.3, -0.25) is 14.5 Å². The fraction of sp³-hybridized carbons (Fsp3) is 0.0526. The van der Waals surface area contributed by atoms with Gasteiger partial charge in [0, 0.05) is 12.4 Å². The molecule has 0 saturated carbocycles. The Labute approximate surface area is 154 Å². The molecule has 0 aliphatic rings. The van der Waals surface area contributed by atoms with E-state index in [-0.39, 0.29) is 11.9 Å². The molecule has 1 aromatic carbocycles. The Morgan fingerprint density at radius 1 is 1.08 bits per heavy atom. The highest BCUT2D eigenvalue weighted by Crippen LogP contribution is 2.24. The van der Waals surface area contributed by atoms with E-state index < -0.39 is 0 Å². The van der Waals surface area contributed by atoms with Crippen molar-refractivity contribution in [2.45, 2.75) is 6.92 Å². The van der Waals surface area contributed by atoms with Crippen molar-refractivity contribution in [3.63, 3.8) is 0 Å². The van der Waals surface area contributed by atoms with E-state index in [4.69, 9.17) is 11.6 Å². The number of aromatic nitrogens is 4. The minimum atomic E-state index is -0.359. The van der Waals surface area contributed by atoms with E-state index in [9.17, 15) is 4.79 Å². The van der Waals surface area contributed by atoms with Gasteiger partial charge in [-0.15, -0.1) is 0 Å². The minimum Gasteiger partial charge on any atom is -0.298 e. The number of fused-ring (bicyclic) bond motifs is 1. The van der Waals surface area contributed by atoms with Gasteiger partial charge in [-0.2, -0.15) is 0 Å². The standard InChI is InChI=1S/C19H14ClN5O/c1-12-17(25-11-5-4-8-16(25)22-12)15-9-10-21-19(23-15)24-18(26)13-6-2-3-7-14(13)20/h2-11H,1H3,(H,21,23,24,26). The monoisotopic (exact) mass is 363 g/mol. The molecule has 26 heavy (non-hydrogen) atoms. The largest absolute Gasteiger partial charge is 0.298 e. The lowest BCUT2D eigenvalue weighted by Crippen LogP contribution is -2.14. The van der Waals surface area contributed by atoms with E-state index in [1.54, 1.807) is 36.5 Å². The molecule has 0 radical (unpaired) electrons. The van der Waals surface area contributed by atoms with Gasteiger partial charge in [-0.1, -0.05) is 29.8 Å². The summed E-state index contributed by atoms with van der Waals surface area (Å²) in [7, 11) is 0. The highest BCUT2D eigenvalue weighted by Gasteiger charge is 2.15. The molecule has 0 aliphatic heterocycles. The molecular formula is C19H14ClN5O. The lowest BCUT2D eigenvalue weighted by molar-refractivity contribution is 0.102. The van der Waals surface area contributed by atoms with Gasteiger partial charge in [-0.25, -0.2) is 15.0 Å². The van der Waals surface area contributed by atoms with Crippen LogP contribution in [0.1, 0.15) is 16.1 Å². The molecule has 0 saturated heterocycles. The Morgan fingerprint density at radius 3 is 2.73 bits per heavy atom. The molecule has 3 aromatic heterocycles. The van der Waals surface area contributed by atoms with Crippen LogP contribution in [0.15, 0.2) is 60.9 Å². The third-order valence-corrected chi connectivity index (χ3v) is 4.28. The second-order valence-electron chi connectivity index (χ2n) is 5.67. The van der Waals surface area contributed by atoms with Crippen molar-refractivity contribution in [2.75, 3.05) is 5.32 Å². The number of nitrogens with one attached hydrogen (secondary N) is 1. The van der Waals surface area contributed by atoms with Crippen LogP contribution in [0, 0.1) is 6.92 Å². The Kier molecular flexibility index (Phi) is 4.10. The van der Waals surface area contributed by atoms with Gasteiger partial charge in [0.1, 0.15) is 5.65 Å². The fourth-order valence-electron chi connectivity index (χ4n) is 2.79. The molecule has 7 heteroatoms. The van der Waals surface area contributed by atoms with Crippen molar-refractivity contribution < 1.29 is 4.79 Å². The summed E-state index contributed by atoms with van der Waals surface area (Å²) < 4.78 is 1.96. The lowest BCUT2D eigenvalue weighted by Gasteiger charge is -2.07. The summed E-state index contributed by atoms with van der Waals surface area (Å²) in [6.07, 6.45) is 3.53. The molecule has 6 nitrogen and oxygen atoms in total. The fourth-order valence-corrected chi connectivity index (χ4v) is 3.01. The topological polar surface area (TPSA) is 72.2 Å². The zero-order valence-corrected chi connectivity index (χ0v) is 14.6. The molecule has 0 unspecified atom stereocenters.